The summed E-state index contributed by atoms with van der Waals surface area (Å²) in [5.41, 5.74) is 4.97. The molecule has 24 heavy (non-hydrogen) atoms. The van der Waals surface area contributed by atoms with Gasteiger partial charge >= 0.3 is 6.09 Å². The minimum absolute atomic E-state index is 0.271. The molecule has 1 aliphatic heterocycles. The zero-order valence-electron chi connectivity index (χ0n) is 14.3. The van der Waals surface area contributed by atoms with E-state index < -0.39 is 5.60 Å². The lowest BCUT2D eigenvalue weighted by atomic mass is 9.96. The summed E-state index contributed by atoms with van der Waals surface area (Å²) in [6.07, 6.45) is 5.15. The van der Waals surface area contributed by atoms with E-state index in [1.807, 2.05) is 51.1 Å². The molecule has 3 rings (SSSR count). The van der Waals surface area contributed by atoms with Gasteiger partial charge < -0.3 is 4.74 Å². The second-order valence-electron chi connectivity index (χ2n) is 7.00. The van der Waals surface area contributed by atoms with Crippen molar-refractivity contribution in [3.05, 3.63) is 59.2 Å². The molecule has 1 heterocycles. The molecule has 0 saturated carbocycles. The highest BCUT2D eigenvalue weighted by atomic mass is 16.6. The van der Waals surface area contributed by atoms with Crippen LogP contribution in [0, 0.1) is 12.3 Å². The summed E-state index contributed by atoms with van der Waals surface area (Å²) in [4.78, 5) is 14.1. The number of carbonyl (C=O) groups excluding carboxylic acids is 1. The van der Waals surface area contributed by atoms with Gasteiger partial charge in [-0.1, -0.05) is 36.3 Å². The first-order chi connectivity index (χ1) is 11.4. The molecule has 0 unspecified atom stereocenters. The van der Waals surface area contributed by atoms with Crippen molar-refractivity contribution in [3.63, 3.8) is 0 Å². The minimum Gasteiger partial charge on any atom is -0.444 e. The van der Waals surface area contributed by atoms with Gasteiger partial charge in [0.25, 0.3) is 0 Å². The van der Waals surface area contributed by atoms with E-state index in [1.54, 1.807) is 4.90 Å². The van der Waals surface area contributed by atoms with E-state index in [0.717, 1.165) is 16.7 Å². The van der Waals surface area contributed by atoms with Gasteiger partial charge in [-0.3, -0.25) is 4.90 Å². The maximum absolute atomic E-state index is 12.3. The highest BCUT2D eigenvalue weighted by Gasteiger charge is 2.29. The molecule has 122 valence electrons. The van der Waals surface area contributed by atoms with Gasteiger partial charge in [0.2, 0.25) is 0 Å². The summed E-state index contributed by atoms with van der Waals surface area (Å²) in [6.45, 7) is 6.80. The molecule has 0 atom stereocenters. The fourth-order valence-corrected chi connectivity index (χ4v) is 2.89. The number of terminal acetylenes is 1. The zero-order valence-corrected chi connectivity index (χ0v) is 14.3. The zero-order chi connectivity index (χ0) is 17.3. The molecule has 3 nitrogen and oxygen atoms in total. The molecule has 0 N–H and O–H groups in total. The van der Waals surface area contributed by atoms with Crippen molar-refractivity contribution in [2.75, 3.05) is 0 Å². The quantitative estimate of drug-likeness (QED) is 0.720. The first-order valence-corrected chi connectivity index (χ1v) is 8.03. The van der Waals surface area contributed by atoms with Crippen LogP contribution < -0.4 is 0 Å². The Balaban J connectivity index is 1.87. The van der Waals surface area contributed by atoms with Crippen molar-refractivity contribution >= 4 is 6.09 Å². The molecule has 0 spiro atoms. The number of benzene rings is 2. The third kappa shape index (κ3) is 3.28. The maximum atomic E-state index is 12.3. The molecule has 0 aliphatic carbocycles. The first kappa shape index (κ1) is 16.1. The Morgan fingerprint density at radius 1 is 1.12 bits per heavy atom. The van der Waals surface area contributed by atoms with E-state index in [9.17, 15) is 4.79 Å². The third-order valence-corrected chi connectivity index (χ3v) is 4.00. The Hall–Kier alpha value is -2.73. The van der Waals surface area contributed by atoms with Crippen LogP contribution >= 0.6 is 0 Å². The van der Waals surface area contributed by atoms with Gasteiger partial charge in [-0.25, -0.2) is 4.79 Å². The van der Waals surface area contributed by atoms with Gasteiger partial charge in [-0.2, -0.15) is 0 Å². The number of hydrogen-bond donors (Lipinski definition) is 0. The van der Waals surface area contributed by atoms with E-state index in [1.165, 1.54) is 11.1 Å². The molecule has 3 heteroatoms. The second-order valence-corrected chi connectivity index (χ2v) is 7.00. The second kappa shape index (κ2) is 6.05. The summed E-state index contributed by atoms with van der Waals surface area (Å²) in [7, 11) is 0. The van der Waals surface area contributed by atoms with E-state index in [4.69, 9.17) is 11.2 Å². The van der Waals surface area contributed by atoms with Crippen molar-refractivity contribution in [3.8, 4) is 23.5 Å². The fraction of sp³-hybridized carbons (Fsp3) is 0.286. The van der Waals surface area contributed by atoms with Crippen LogP contribution in [0.3, 0.4) is 0 Å². The number of amides is 1. The topological polar surface area (TPSA) is 29.5 Å². The predicted molar refractivity (Wildman–Crippen MR) is 95.3 cm³/mol. The normalized spacial score (nSPS) is 13.3. The molecule has 1 amide bonds. The number of rotatable bonds is 1. The Kier molecular flexibility index (Phi) is 4.07. The number of nitrogens with zero attached hydrogens (tertiary/aromatic N) is 1. The summed E-state index contributed by atoms with van der Waals surface area (Å²) in [6, 6.07) is 14.1. The summed E-state index contributed by atoms with van der Waals surface area (Å²) < 4.78 is 5.49. The largest absolute Gasteiger partial charge is 0.444 e. The van der Waals surface area contributed by atoms with Crippen molar-refractivity contribution in [1.29, 1.82) is 0 Å². The Morgan fingerprint density at radius 3 is 2.46 bits per heavy atom. The van der Waals surface area contributed by atoms with Gasteiger partial charge in [0.05, 0.1) is 6.54 Å². The summed E-state index contributed by atoms with van der Waals surface area (Å²) in [5.74, 6) is 2.63. The highest BCUT2D eigenvalue weighted by molar-refractivity contribution is 5.74. The van der Waals surface area contributed by atoms with Crippen LogP contribution in [0.4, 0.5) is 4.79 Å². The lowest BCUT2D eigenvalue weighted by Crippen LogP contribution is -2.33. The van der Waals surface area contributed by atoms with Crippen molar-refractivity contribution in [2.45, 2.75) is 39.5 Å². The third-order valence-electron chi connectivity index (χ3n) is 4.00. The molecule has 0 bridgehead atoms. The van der Waals surface area contributed by atoms with Crippen molar-refractivity contribution in [1.82, 2.24) is 4.90 Å². The number of ether oxygens (including phenoxy) is 1. The van der Waals surface area contributed by atoms with Crippen LogP contribution in [0.15, 0.2) is 42.5 Å². The van der Waals surface area contributed by atoms with Crippen molar-refractivity contribution < 1.29 is 9.53 Å². The van der Waals surface area contributed by atoms with Crippen LogP contribution in [0.25, 0.3) is 11.1 Å². The predicted octanol–water partition coefficient (Wildman–Crippen LogP) is 4.59. The highest BCUT2D eigenvalue weighted by Crippen LogP contribution is 2.33. The molecular weight excluding hydrogens is 298 g/mol. The molecule has 0 radical (unpaired) electrons. The number of carbonyl (C=O) groups is 1. The smallest absolute Gasteiger partial charge is 0.410 e. The van der Waals surface area contributed by atoms with E-state index in [-0.39, 0.29) is 6.09 Å². The van der Waals surface area contributed by atoms with Gasteiger partial charge in [-0.05, 0) is 55.2 Å². The first-order valence-electron chi connectivity index (χ1n) is 8.03. The van der Waals surface area contributed by atoms with E-state index in [0.29, 0.717) is 13.1 Å². The van der Waals surface area contributed by atoms with E-state index in [2.05, 4.69) is 18.1 Å². The number of hydrogen-bond acceptors (Lipinski definition) is 2. The molecule has 0 saturated heterocycles. The number of fused-ring (bicyclic) bond motifs is 1. The Morgan fingerprint density at radius 2 is 1.83 bits per heavy atom. The van der Waals surface area contributed by atoms with Crippen LogP contribution in [0.5, 0.6) is 0 Å². The monoisotopic (exact) mass is 319 g/mol. The van der Waals surface area contributed by atoms with Gasteiger partial charge in [0.1, 0.15) is 5.60 Å². The van der Waals surface area contributed by atoms with Gasteiger partial charge in [-0.15, -0.1) is 6.42 Å². The molecule has 0 fully saturated rings. The average molecular weight is 319 g/mol. The standard InChI is InChI=1S/C21H21NO2/c1-5-15-9-11-16(12-10-15)18-8-6-7-17-13-22(14-19(17)18)20(23)24-21(2,3)4/h1,6-12H,13-14H2,2-4H3. The molecule has 1 aliphatic rings. The maximum Gasteiger partial charge on any atom is 0.410 e. The SMILES string of the molecule is C#Cc1ccc(-c2cccc3c2CN(C(=O)OC(C)(C)C)C3)cc1. The van der Waals surface area contributed by atoms with Crippen LogP contribution in [-0.2, 0) is 17.8 Å². The lowest BCUT2D eigenvalue weighted by molar-refractivity contribution is 0.0242. The lowest BCUT2D eigenvalue weighted by Gasteiger charge is -2.24. The Labute approximate surface area is 143 Å². The molecule has 2 aromatic carbocycles. The molecule has 0 aromatic heterocycles. The average Bonchev–Trinajstić information content (AvgIpc) is 2.97. The Bertz CT molecular complexity index is 807. The van der Waals surface area contributed by atoms with Gasteiger partial charge in [0.15, 0.2) is 0 Å². The minimum atomic E-state index is -0.486. The van der Waals surface area contributed by atoms with Crippen LogP contribution in [-0.4, -0.2) is 16.6 Å². The van der Waals surface area contributed by atoms with Crippen LogP contribution in [0.1, 0.15) is 37.5 Å². The summed E-state index contributed by atoms with van der Waals surface area (Å²) >= 11 is 0. The fourth-order valence-electron chi connectivity index (χ4n) is 2.89. The van der Waals surface area contributed by atoms with Gasteiger partial charge in [0, 0.05) is 12.1 Å². The molecule has 2 aromatic rings. The molecular formula is C21H21NO2. The summed E-state index contributed by atoms with van der Waals surface area (Å²) in [5, 5.41) is 0. The van der Waals surface area contributed by atoms with E-state index >= 15 is 0 Å². The van der Waals surface area contributed by atoms with Crippen molar-refractivity contribution in [2.24, 2.45) is 0 Å². The van der Waals surface area contributed by atoms with Crippen LogP contribution in [0.2, 0.25) is 0 Å².